The first-order chi connectivity index (χ1) is 11.9. The Labute approximate surface area is 148 Å². The highest BCUT2D eigenvalue weighted by molar-refractivity contribution is 5.78. The number of hydrogen-bond acceptors (Lipinski definition) is 4. The van der Waals surface area contributed by atoms with Crippen molar-refractivity contribution in [1.82, 2.24) is 5.32 Å². The van der Waals surface area contributed by atoms with Crippen LogP contribution in [0.3, 0.4) is 0 Å². The van der Waals surface area contributed by atoms with Gasteiger partial charge in [-0.1, -0.05) is 12.1 Å². The van der Waals surface area contributed by atoms with Crippen LogP contribution in [-0.2, 0) is 4.79 Å². The van der Waals surface area contributed by atoms with Crippen LogP contribution in [0, 0.1) is 13.8 Å². The van der Waals surface area contributed by atoms with Gasteiger partial charge >= 0.3 is 0 Å². The number of amides is 1. The number of methoxy groups -OCH3 is 2. The zero-order chi connectivity index (χ0) is 18.4. The fourth-order valence-electron chi connectivity index (χ4n) is 2.44. The number of nitrogens with one attached hydrogen (secondary N) is 1. The van der Waals surface area contributed by atoms with E-state index in [1.165, 1.54) is 5.56 Å². The van der Waals surface area contributed by atoms with Crippen LogP contribution in [0.1, 0.15) is 29.7 Å². The Morgan fingerprint density at radius 2 is 1.72 bits per heavy atom. The zero-order valence-electron chi connectivity index (χ0n) is 15.4. The van der Waals surface area contributed by atoms with E-state index in [1.54, 1.807) is 14.2 Å². The predicted molar refractivity (Wildman–Crippen MR) is 97.5 cm³/mol. The molecule has 2 rings (SSSR count). The summed E-state index contributed by atoms with van der Waals surface area (Å²) in [4.78, 5) is 12.1. The topological polar surface area (TPSA) is 56.8 Å². The number of carbonyl (C=O) groups excluding carboxylic acids is 1. The third kappa shape index (κ3) is 4.89. The lowest BCUT2D eigenvalue weighted by molar-refractivity contribution is -0.123. The van der Waals surface area contributed by atoms with E-state index in [2.05, 4.69) is 5.32 Å². The van der Waals surface area contributed by atoms with Crippen LogP contribution in [0.15, 0.2) is 36.4 Å². The van der Waals surface area contributed by atoms with Crippen molar-refractivity contribution >= 4 is 5.91 Å². The number of benzene rings is 2. The lowest BCUT2D eigenvalue weighted by Gasteiger charge is -2.17. The Morgan fingerprint density at radius 1 is 1.00 bits per heavy atom. The van der Waals surface area contributed by atoms with Crippen molar-refractivity contribution in [2.24, 2.45) is 0 Å². The summed E-state index contributed by atoms with van der Waals surface area (Å²) in [7, 11) is 3.18. The fraction of sp³-hybridized carbons (Fsp3) is 0.350. The van der Waals surface area contributed by atoms with Crippen molar-refractivity contribution in [1.29, 1.82) is 0 Å². The molecule has 0 heterocycles. The number of carbonyl (C=O) groups is 1. The molecule has 0 radical (unpaired) electrons. The van der Waals surface area contributed by atoms with Gasteiger partial charge in [0.25, 0.3) is 5.91 Å². The molecule has 25 heavy (non-hydrogen) atoms. The molecule has 0 spiro atoms. The van der Waals surface area contributed by atoms with Gasteiger partial charge in [0.15, 0.2) is 18.1 Å². The average Bonchev–Trinajstić information content (AvgIpc) is 2.62. The van der Waals surface area contributed by atoms with Gasteiger partial charge in [-0.05, 0) is 61.7 Å². The van der Waals surface area contributed by atoms with Crippen LogP contribution in [0.2, 0.25) is 0 Å². The molecule has 0 aliphatic heterocycles. The normalized spacial score (nSPS) is 11.6. The molecule has 0 saturated carbocycles. The maximum absolute atomic E-state index is 12.1. The van der Waals surface area contributed by atoms with Crippen LogP contribution < -0.4 is 19.5 Å². The third-order valence-electron chi connectivity index (χ3n) is 4.13. The molecule has 0 saturated heterocycles. The van der Waals surface area contributed by atoms with Crippen LogP contribution in [0.4, 0.5) is 0 Å². The summed E-state index contributed by atoms with van der Waals surface area (Å²) in [6.07, 6.45) is 0. The van der Waals surface area contributed by atoms with Gasteiger partial charge < -0.3 is 19.5 Å². The maximum atomic E-state index is 12.1. The van der Waals surface area contributed by atoms with E-state index >= 15 is 0 Å². The van der Waals surface area contributed by atoms with Gasteiger partial charge in [-0.2, -0.15) is 0 Å². The summed E-state index contributed by atoms with van der Waals surface area (Å²) in [6.45, 7) is 5.94. The molecule has 2 aromatic carbocycles. The molecular formula is C20H25NO4. The Kier molecular flexibility index (Phi) is 6.28. The van der Waals surface area contributed by atoms with E-state index < -0.39 is 0 Å². The summed E-state index contributed by atoms with van der Waals surface area (Å²) < 4.78 is 16.1. The van der Waals surface area contributed by atoms with Crippen molar-refractivity contribution in [3.05, 3.63) is 53.1 Å². The number of aryl methyl sites for hydroxylation is 2. The number of hydrogen-bond donors (Lipinski definition) is 1. The minimum Gasteiger partial charge on any atom is -0.493 e. The van der Waals surface area contributed by atoms with Crippen molar-refractivity contribution in [3.8, 4) is 17.2 Å². The van der Waals surface area contributed by atoms with E-state index in [0.29, 0.717) is 17.2 Å². The van der Waals surface area contributed by atoms with E-state index in [4.69, 9.17) is 14.2 Å². The van der Waals surface area contributed by atoms with Gasteiger partial charge in [-0.15, -0.1) is 0 Å². The first-order valence-electron chi connectivity index (χ1n) is 8.16. The highest BCUT2D eigenvalue weighted by Crippen LogP contribution is 2.29. The molecule has 0 aliphatic rings. The molecule has 0 unspecified atom stereocenters. The smallest absolute Gasteiger partial charge is 0.258 e. The molecule has 0 aliphatic carbocycles. The molecule has 1 amide bonds. The van der Waals surface area contributed by atoms with Crippen LogP contribution >= 0.6 is 0 Å². The Hall–Kier alpha value is -2.69. The Bertz CT molecular complexity index is 742. The highest BCUT2D eigenvalue weighted by Gasteiger charge is 2.13. The molecule has 134 valence electrons. The summed E-state index contributed by atoms with van der Waals surface area (Å²) in [5.74, 6) is 1.80. The zero-order valence-corrected chi connectivity index (χ0v) is 15.4. The minimum atomic E-state index is -0.180. The first kappa shape index (κ1) is 18.6. The average molecular weight is 343 g/mol. The van der Waals surface area contributed by atoms with Gasteiger partial charge in [0.2, 0.25) is 0 Å². The maximum Gasteiger partial charge on any atom is 0.258 e. The van der Waals surface area contributed by atoms with Gasteiger partial charge in [-0.25, -0.2) is 0 Å². The van der Waals surface area contributed by atoms with Crippen molar-refractivity contribution in [2.45, 2.75) is 26.8 Å². The predicted octanol–water partition coefficient (Wildman–Crippen LogP) is 3.58. The third-order valence-corrected chi connectivity index (χ3v) is 4.13. The van der Waals surface area contributed by atoms with E-state index in [-0.39, 0.29) is 18.6 Å². The van der Waals surface area contributed by atoms with Crippen molar-refractivity contribution in [2.75, 3.05) is 20.8 Å². The number of rotatable bonds is 7. The number of ether oxygens (including phenoxy) is 3. The largest absolute Gasteiger partial charge is 0.493 e. The summed E-state index contributed by atoms with van der Waals surface area (Å²) >= 11 is 0. The summed E-state index contributed by atoms with van der Waals surface area (Å²) in [6, 6.07) is 11.2. The van der Waals surface area contributed by atoms with Gasteiger partial charge in [-0.3, -0.25) is 4.79 Å². The van der Waals surface area contributed by atoms with Crippen molar-refractivity contribution in [3.63, 3.8) is 0 Å². The second-order valence-corrected chi connectivity index (χ2v) is 5.94. The Morgan fingerprint density at radius 3 is 2.36 bits per heavy atom. The van der Waals surface area contributed by atoms with Crippen LogP contribution in [0.5, 0.6) is 17.2 Å². The van der Waals surface area contributed by atoms with E-state index in [9.17, 15) is 4.79 Å². The fourth-order valence-corrected chi connectivity index (χ4v) is 2.44. The molecule has 0 bridgehead atoms. The van der Waals surface area contributed by atoms with E-state index in [1.807, 2.05) is 57.2 Å². The molecule has 0 aromatic heterocycles. The second kappa shape index (κ2) is 8.42. The molecule has 5 nitrogen and oxygen atoms in total. The van der Waals surface area contributed by atoms with Gasteiger partial charge in [0, 0.05) is 0 Å². The first-order valence-corrected chi connectivity index (χ1v) is 8.16. The van der Waals surface area contributed by atoms with Gasteiger partial charge in [0.05, 0.1) is 20.3 Å². The molecule has 5 heteroatoms. The lowest BCUT2D eigenvalue weighted by atomic mass is 10.1. The van der Waals surface area contributed by atoms with E-state index in [0.717, 1.165) is 11.1 Å². The summed E-state index contributed by atoms with van der Waals surface area (Å²) in [5.41, 5.74) is 3.26. The monoisotopic (exact) mass is 343 g/mol. The molecule has 2 aromatic rings. The Balaban J connectivity index is 1.94. The summed E-state index contributed by atoms with van der Waals surface area (Å²) in [5, 5.41) is 2.92. The minimum absolute atomic E-state index is 0.0276. The molecular weight excluding hydrogens is 318 g/mol. The van der Waals surface area contributed by atoms with Crippen LogP contribution in [-0.4, -0.2) is 26.7 Å². The highest BCUT2D eigenvalue weighted by atomic mass is 16.5. The molecule has 1 atom stereocenters. The standard InChI is InChI=1S/C20H25NO4/c1-13-6-8-17(10-14(13)2)25-12-20(22)21-15(3)16-7-9-18(23-4)19(11-16)24-5/h6-11,15H,12H2,1-5H3,(H,21,22)/t15-/m0/s1. The van der Waals surface area contributed by atoms with Gasteiger partial charge in [0.1, 0.15) is 5.75 Å². The lowest BCUT2D eigenvalue weighted by Crippen LogP contribution is -2.31. The second-order valence-electron chi connectivity index (χ2n) is 5.94. The molecule has 0 fully saturated rings. The SMILES string of the molecule is COc1ccc([C@H](C)NC(=O)COc2ccc(C)c(C)c2)cc1OC. The van der Waals surface area contributed by atoms with Crippen molar-refractivity contribution < 1.29 is 19.0 Å². The quantitative estimate of drug-likeness (QED) is 0.835. The van der Waals surface area contributed by atoms with Crippen LogP contribution in [0.25, 0.3) is 0 Å². The molecule has 1 N–H and O–H groups in total.